The number of carbonyl (C=O) groups excluding carboxylic acids is 1. The van der Waals surface area contributed by atoms with Gasteiger partial charge in [0.2, 0.25) is 0 Å². The van der Waals surface area contributed by atoms with Crippen LogP contribution in [0.15, 0.2) is 18.2 Å². The van der Waals surface area contributed by atoms with Crippen LogP contribution in [0.2, 0.25) is 0 Å². The predicted octanol–water partition coefficient (Wildman–Crippen LogP) is 3.35. The van der Waals surface area contributed by atoms with E-state index < -0.39 is 0 Å². The van der Waals surface area contributed by atoms with Crippen molar-refractivity contribution < 1.29 is 4.79 Å². The van der Waals surface area contributed by atoms with E-state index in [2.05, 4.69) is 24.5 Å². The Bertz CT molecular complexity index is 401. The van der Waals surface area contributed by atoms with Crippen LogP contribution in [0.25, 0.3) is 0 Å². The maximum Gasteiger partial charge on any atom is 0.253 e. The van der Waals surface area contributed by atoms with Gasteiger partial charge in [-0.1, -0.05) is 25.5 Å². The lowest BCUT2D eigenvalue weighted by Crippen LogP contribution is -2.32. The van der Waals surface area contributed by atoms with Crippen molar-refractivity contribution in [3.63, 3.8) is 0 Å². The van der Waals surface area contributed by atoms with E-state index >= 15 is 0 Å². The van der Waals surface area contributed by atoms with Crippen molar-refractivity contribution in [3.8, 4) is 0 Å². The van der Waals surface area contributed by atoms with Gasteiger partial charge in [-0.25, -0.2) is 0 Å². The minimum atomic E-state index is 0.00616. The van der Waals surface area contributed by atoms with E-state index in [1.807, 2.05) is 32.0 Å². The SMILES string of the molecule is CCCNc1ccc(C)cc1C(=O)NC(C)CC. The molecule has 1 atom stereocenters. The highest BCUT2D eigenvalue weighted by Gasteiger charge is 2.13. The fourth-order valence-electron chi connectivity index (χ4n) is 1.66. The molecule has 0 aliphatic rings. The average molecular weight is 248 g/mol. The summed E-state index contributed by atoms with van der Waals surface area (Å²) in [5, 5.41) is 6.31. The number of carbonyl (C=O) groups is 1. The fourth-order valence-corrected chi connectivity index (χ4v) is 1.66. The van der Waals surface area contributed by atoms with Gasteiger partial charge in [0.15, 0.2) is 0 Å². The van der Waals surface area contributed by atoms with Gasteiger partial charge in [-0.15, -0.1) is 0 Å². The number of nitrogens with one attached hydrogen (secondary N) is 2. The zero-order chi connectivity index (χ0) is 13.5. The first-order valence-electron chi connectivity index (χ1n) is 6.73. The fraction of sp³-hybridized carbons (Fsp3) is 0.533. The lowest BCUT2D eigenvalue weighted by molar-refractivity contribution is 0.0940. The molecule has 100 valence electrons. The minimum absolute atomic E-state index is 0.00616. The van der Waals surface area contributed by atoms with Crippen molar-refractivity contribution in [2.24, 2.45) is 0 Å². The van der Waals surface area contributed by atoms with Gasteiger partial charge >= 0.3 is 0 Å². The van der Waals surface area contributed by atoms with Crippen LogP contribution >= 0.6 is 0 Å². The second-order valence-electron chi connectivity index (χ2n) is 4.76. The molecule has 1 aromatic rings. The Morgan fingerprint density at radius 3 is 2.67 bits per heavy atom. The predicted molar refractivity (Wildman–Crippen MR) is 77.2 cm³/mol. The molecule has 0 saturated heterocycles. The summed E-state index contributed by atoms with van der Waals surface area (Å²) in [5.41, 5.74) is 2.76. The average Bonchev–Trinajstić information content (AvgIpc) is 2.36. The number of hydrogen-bond acceptors (Lipinski definition) is 2. The Morgan fingerprint density at radius 1 is 1.33 bits per heavy atom. The molecule has 0 heterocycles. The normalized spacial score (nSPS) is 12.0. The van der Waals surface area contributed by atoms with Gasteiger partial charge in [0.1, 0.15) is 0 Å². The maximum atomic E-state index is 12.2. The molecule has 0 aromatic heterocycles. The van der Waals surface area contributed by atoms with E-state index in [0.29, 0.717) is 0 Å². The number of hydrogen-bond donors (Lipinski definition) is 2. The van der Waals surface area contributed by atoms with E-state index in [9.17, 15) is 4.79 Å². The lowest BCUT2D eigenvalue weighted by Gasteiger charge is -2.15. The number of anilines is 1. The van der Waals surface area contributed by atoms with Gasteiger partial charge in [0, 0.05) is 18.3 Å². The van der Waals surface area contributed by atoms with Crippen LogP contribution in [0.5, 0.6) is 0 Å². The Labute approximate surface area is 110 Å². The Kier molecular flexibility index (Phi) is 5.69. The number of benzene rings is 1. The molecule has 0 fully saturated rings. The zero-order valence-corrected chi connectivity index (χ0v) is 11.8. The Hall–Kier alpha value is -1.51. The van der Waals surface area contributed by atoms with Crippen molar-refractivity contribution in [1.29, 1.82) is 0 Å². The summed E-state index contributed by atoms with van der Waals surface area (Å²) in [6, 6.07) is 6.15. The molecule has 2 N–H and O–H groups in total. The number of aryl methyl sites for hydroxylation is 1. The van der Waals surface area contributed by atoms with Gasteiger partial charge in [-0.05, 0) is 38.8 Å². The van der Waals surface area contributed by atoms with Crippen molar-refractivity contribution in [2.75, 3.05) is 11.9 Å². The molecule has 3 nitrogen and oxygen atoms in total. The van der Waals surface area contributed by atoms with Gasteiger partial charge in [0.25, 0.3) is 5.91 Å². The van der Waals surface area contributed by atoms with Crippen LogP contribution in [0, 0.1) is 6.92 Å². The van der Waals surface area contributed by atoms with E-state index in [-0.39, 0.29) is 11.9 Å². The third-order valence-electron chi connectivity index (χ3n) is 2.98. The van der Waals surface area contributed by atoms with Crippen LogP contribution in [-0.4, -0.2) is 18.5 Å². The van der Waals surface area contributed by atoms with E-state index in [4.69, 9.17) is 0 Å². The monoisotopic (exact) mass is 248 g/mol. The van der Waals surface area contributed by atoms with Gasteiger partial charge in [0.05, 0.1) is 5.56 Å². The summed E-state index contributed by atoms with van der Waals surface area (Å²) in [5.74, 6) is 0.00616. The standard InChI is InChI=1S/C15H24N2O/c1-5-9-16-14-8-7-11(3)10-13(14)15(18)17-12(4)6-2/h7-8,10,12,16H,5-6,9H2,1-4H3,(H,17,18). The van der Waals surface area contributed by atoms with E-state index in [0.717, 1.165) is 36.2 Å². The first kappa shape index (κ1) is 14.6. The van der Waals surface area contributed by atoms with Crippen LogP contribution < -0.4 is 10.6 Å². The highest BCUT2D eigenvalue weighted by molar-refractivity contribution is 6.00. The summed E-state index contributed by atoms with van der Waals surface area (Å²) < 4.78 is 0. The first-order chi connectivity index (χ1) is 8.58. The number of rotatable bonds is 6. The molecule has 0 spiro atoms. The molecule has 0 saturated carbocycles. The summed E-state index contributed by atoms with van der Waals surface area (Å²) in [6.45, 7) is 9.08. The summed E-state index contributed by atoms with van der Waals surface area (Å²) in [4.78, 5) is 12.2. The molecule has 1 unspecified atom stereocenters. The van der Waals surface area contributed by atoms with E-state index in [1.165, 1.54) is 0 Å². The highest BCUT2D eigenvalue weighted by atomic mass is 16.1. The van der Waals surface area contributed by atoms with Crippen LogP contribution in [0.4, 0.5) is 5.69 Å². The smallest absolute Gasteiger partial charge is 0.253 e. The number of amides is 1. The third kappa shape index (κ3) is 4.06. The molecular formula is C15H24N2O. The molecule has 0 radical (unpaired) electrons. The molecule has 1 rings (SSSR count). The maximum absolute atomic E-state index is 12.2. The van der Waals surface area contributed by atoms with Gasteiger partial charge < -0.3 is 10.6 Å². The zero-order valence-electron chi connectivity index (χ0n) is 11.8. The van der Waals surface area contributed by atoms with Crippen molar-refractivity contribution in [2.45, 2.75) is 46.6 Å². The Balaban J connectivity index is 2.90. The molecule has 18 heavy (non-hydrogen) atoms. The minimum Gasteiger partial charge on any atom is -0.384 e. The van der Waals surface area contributed by atoms with Gasteiger partial charge in [-0.3, -0.25) is 4.79 Å². The largest absolute Gasteiger partial charge is 0.384 e. The quantitative estimate of drug-likeness (QED) is 0.810. The lowest BCUT2D eigenvalue weighted by atomic mass is 10.1. The molecule has 0 aliphatic heterocycles. The van der Waals surface area contributed by atoms with Crippen LogP contribution in [0.1, 0.15) is 49.5 Å². The molecule has 1 amide bonds. The van der Waals surface area contributed by atoms with E-state index in [1.54, 1.807) is 0 Å². The third-order valence-corrected chi connectivity index (χ3v) is 2.98. The van der Waals surface area contributed by atoms with Crippen LogP contribution in [0.3, 0.4) is 0 Å². The van der Waals surface area contributed by atoms with Crippen molar-refractivity contribution >= 4 is 11.6 Å². The van der Waals surface area contributed by atoms with Crippen molar-refractivity contribution in [1.82, 2.24) is 5.32 Å². The highest BCUT2D eigenvalue weighted by Crippen LogP contribution is 2.17. The van der Waals surface area contributed by atoms with Crippen molar-refractivity contribution in [3.05, 3.63) is 29.3 Å². The summed E-state index contributed by atoms with van der Waals surface area (Å²) in [7, 11) is 0. The Morgan fingerprint density at radius 2 is 2.06 bits per heavy atom. The molecule has 0 bridgehead atoms. The second-order valence-corrected chi connectivity index (χ2v) is 4.76. The topological polar surface area (TPSA) is 41.1 Å². The second kappa shape index (κ2) is 7.04. The first-order valence-corrected chi connectivity index (χ1v) is 6.73. The molecule has 1 aromatic carbocycles. The summed E-state index contributed by atoms with van der Waals surface area (Å²) >= 11 is 0. The molecular weight excluding hydrogens is 224 g/mol. The molecule has 3 heteroatoms. The van der Waals surface area contributed by atoms with Gasteiger partial charge in [-0.2, -0.15) is 0 Å². The van der Waals surface area contributed by atoms with Crippen LogP contribution in [-0.2, 0) is 0 Å². The summed E-state index contributed by atoms with van der Waals surface area (Å²) in [6.07, 6.45) is 1.98. The molecule has 0 aliphatic carbocycles.